The molecule has 0 unspecified atom stereocenters. The van der Waals surface area contributed by atoms with Crippen LogP contribution in [0.25, 0.3) is 0 Å². The van der Waals surface area contributed by atoms with Crippen LogP contribution in [0.4, 0.5) is 0 Å². The van der Waals surface area contributed by atoms with E-state index in [1.54, 1.807) is 0 Å². The molecule has 0 saturated carbocycles. The Morgan fingerprint density at radius 3 is 1.33 bits per heavy atom. The van der Waals surface area contributed by atoms with Crippen LogP contribution in [0.2, 0.25) is 11.6 Å². The van der Waals surface area contributed by atoms with Crippen LogP contribution >= 0.6 is 0 Å². The molecule has 0 heterocycles. The first-order valence-corrected chi connectivity index (χ1v) is 6.92. The Kier molecular flexibility index (Phi) is 4.44. The normalized spacial score (nSPS) is 13.5. The maximum absolute atomic E-state index is 2.46. The van der Waals surface area contributed by atoms with Gasteiger partial charge in [-0.2, -0.15) is 0 Å². The highest BCUT2D eigenvalue weighted by atomic mass is 28.3. The van der Waals surface area contributed by atoms with E-state index >= 15 is 0 Å². The third kappa shape index (κ3) is 1.89. The first-order chi connectivity index (χ1) is 5.39. The summed E-state index contributed by atoms with van der Waals surface area (Å²) in [5.74, 6) is 0. The van der Waals surface area contributed by atoms with Gasteiger partial charge in [-0.05, 0) is 39.8 Å². The fraction of sp³-hybridized carbons (Fsp3) is 1.00. The summed E-state index contributed by atoms with van der Waals surface area (Å²) in [4.78, 5) is 0. The highest BCUT2D eigenvalue weighted by molar-refractivity contribution is 6.75. The monoisotopic (exact) mass is 188 g/mol. The predicted molar refractivity (Wildman–Crippen MR) is 58.7 cm³/mol. The molecular weight excluding hydrogens is 164 g/mol. The molecule has 0 atom stereocenters. The average Bonchev–Trinajstić information content (AvgIpc) is 1.86. The summed E-state index contributed by atoms with van der Waals surface area (Å²) in [6.07, 6.45) is 0. The van der Waals surface area contributed by atoms with Gasteiger partial charge in [-0.3, -0.25) is 0 Å². The standard InChI is InChI=1S/C9H24N2Si/c1-8-12(9(2)3,10(4)5)11(6)7/h9H,8H2,1-7H3. The summed E-state index contributed by atoms with van der Waals surface area (Å²) in [7, 11) is 7.54. The second kappa shape index (κ2) is 4.39. The second-order valence-electron chi connectivity index (χ2n) is 4.18. The first-order valence-electron chi connectivity index (χ1n) is 4.74. The maximum Gasteiger partial charge on any atom is 0.208 e. The molecule has 0 aromatic carbocycles. The van der Waals surface area contributed by atoms with E-state index in [1.807, 2.05) is 0 Å². The SMILES string of the molecule is CC[Si](C(C)C)(N(C)C)N(C)C. The smallest absolute Gasteiger partial charge is 0.208 e. The van der Waals surface area contributed by atoms with Crippen LogP contribution in [-0.2, 0) is 0 Å². The van der Waals surface area contributed by atoms with Crippen LogP contribution in [0.1, 0.15) is 20.8 Å². The van der Waals surface area contributed by atoms with E-state index in [4.69, 9.17) is 0 Å². The molecule has 0 radical (unpaired) electrons. The summed E-state index contributed by atoms with van der Waals surface area (Å²) in [6.45, 7) is 7.00. The molecule has 0 spiro atoms. The van der Waals surface area contributed by atoms with Gasteiger partial charge in [0.25, 0.3) is 0 Å². The molecule has 2 nitrogen and oxygen atoms in total. The lowest BCUT2D eigenvalue weighted by Crippen LogP contribution is -2.62. The van der Waals surface area contributed by atoms with Crippen LogP contribution < -0.4 is 0 Å². The Morgan fingerprint density at radius 2 is 1.33 bits per heavy atom. The molecule has 0 saturated heterocycles. The minimum absolute atomic E-state index is 0.785. The Morgan fingerprint density at radius 1 is 1.00 bits per heavy atom. The molecule has 0 amide bonds. The molecule has 0 fully saturated rings. The maximum atomic E-state index is 2.46. The van der Waals surface area contributed by atoms with Crippen LogP contribution in [-0.4, -0.2) is 45.7 Å². The van der Waals surface area contributed by atoms with Crippen molar-refractivity contribution in [2.24, 2.45) is 0 Å². The van der Waals surface area contributed by atoms with E-state index in [2.05, 4.69) is 58.1 Å². The summed E-state index contributed by atoms with van der Waals surface area (Å²) >= 11 is 0. The molecule has 3 heteroatoms. The van der Waals surface area contributed by atoms with E-state index in [9.17, 15) is 0 Å². The van der Waals surface area contributed by atoms with Gasteiger partial charge in [0.15, 0.2) is 0 Å². The molecule has 0 aliphatic rings. The molecule has 0 N–H and O–H groups in total. The number of hydrogen-bond donors (Lipinski definition) is 0. The van der Waals surface area contributed by atoms with Gasteiger partial charge in [0.1, 0.15) is 0 Å². The van der Waals surface area contributed by atoms with Crippen molar-refractivity contribution in [3.8, 4) is 0 Å². The zero-order chi connectivity index (χ0) is 9.94. The lowest BCUT2D eigenvalue weighted by Gasteiger charge is -2.45. The van der Waals surface area contributed by atoms with Crippen molar-refractivity contribution in [3.05, 3.63) is 0 Å². The Labute approximate surface area is 78.7 Å². The van der Waals surface area contributed by atoms with Gasteiger partial charge in [-0.25, -0.2) is 0 Å². The Balaban J connectivity index is 4.77. The molecule has 0 bridgehead atoms. The van der Waals surface area contributed by atoms with Gasteiger partial charge in [0.2, 0.25) is 8.40 Å². The molecular formula is C9H24N2Si. The number of rotatable bonds is 4. The van der Waals surface area contributed by atoms with Crippen molar-refractivity contribution in [1.29, 1.82) is 0 Å². The predicted octanol–water partition coefficient (Wildman–Crippen LogP) is 1.98. The van der Waals surface area contributed by atoms with E-state index in [0.29, 0.717) is 0 Å². The van der Waals surface area contributed by atoms with E-state index < -0.39 is 8.40 Å². The molecule has 0 aromatic rings. The zero-order valence-electron chi connectivity index (χ0n) is 9.68. The van der Waals surface area contributed by atoms with Crippen molar-refractivity contribution >= 4 is 8.40 Å². The molecule has 12 heavy (non-hydrogen) atoms. The summed E-state index contributed by atoms with van der Waals surface area (Å²) in [5, 5.41) is 0. The van der Waals surface area contributed by atoms with Gasteiger partial charge in [-0.15, -0.1) is 0 Å². The van der Waals surface area contributed by atoms with Crippen molar-refractivity contribution in [1.82, 2.24) is 9.13 Å². The van der Waals surface area contributed by atoms with Gasteiger partial charge >= 0.3 is 0 Å². The van der Waals surface area contributed by atoms with Crippen molar-refractivity contribution in [2.45, 2.75) is 32.4 Å². The van der Waals surface area contributed by atoms with Gasteiger partial charge in [0.05, 0.1) is 0 Å². The third-order valence-electron chi connectivity index (χ3n) is 2.99. The van der Waals surface area contributed by atoms with Crippen LogP contribution in [0.5, 0.6) is 0 Å². The van der Waals surface area contributed by atoms with Crippen molar-refractivity contribution in [3.63, 3.8) is 0 Å². The average molecular weight is 188 g/mol. The molecule has 0 aliphatic carbocycles. The summed E-state index contributed by atoms with van der Waals surface area (Å²) in [5.41, 5.74) is 0.785. The fourth-order valence-electron chi connectivity index (χ4n) is 2.47. The van der Waals surface area contributed by atoms with E-state index in [0.717, 1.165) is 5.54 Å². The minimum atomic E-state index is -1.33. The van der Waals surface area contributed by atoms with Crippen molar-refractivity contribution in [2.75, 3.05) is 28.2 Å². The fourth-order valence-corrected chi connectivity index (χ4v) is 7.42. The second-order valence-corrected chi connectivity index (χ2v) is 9.58. The minimum Gasteiger partial charge on any atom is -0.317 e. The van der Waals surface area contributed by atoms with Gasteiger partial charge in [0, 0.05) is 0 Å². The van der Waals surface area contributed by atoms with Crippen LogP contribution in [0, 0.1) is 0 Å². The third-order valence-corrected chi connectivity index (χ3v) is 8.98. The largest absolute Gasteiger partial charge is 0.317 e. The lowest BCUT2D eigenvalue weighted by molar-refractivity contribution is 0.459. The van der Waals surface area contributed by atoms with E-state index in [1.165, 1.54) is 6.04 Å². The van der Waals surface area contributed by atoms with Gasteiger partial charge < -0.3 is 9.13 Å². The first kappa shape index (κ1) is 12.1. The molecule has 74 valence electrons. The van der Waals surface area contributed by atoms with Crippen molar-refractivity contribution < 1.29 is 0 Å². The Bertz CT molecular complexity index is 111. The molecule has 0 aliphatic heterocycles. The van der Waals surface area contributed by atoms with Crippen LogP contribution in [0.15, 0.2) is 0 Å². The van der Waals surface area contributed by atoms with E-state index in [-0.39, 0.29) is 0 Å². The summed E-state index contributed by atoms with van der Waals surface area (Å²) < 4.78 is 4.91. The van der Waals surface area contributed by atoms with Gasteiger partial charge in [-0.1, -0.05) is 20.8 Å². The topological polar surface area (TPSA) is 6.48 Å². The Hall–Kier alpha value is 0.137. The molecule has 0 aromatic heterocycles. The van der Waals surface area contributed by atoms with Crippen LogP contribution in [0.3, 0.4) is 0 Å². The lowest BCUT2D eigenvalue weighted by atomic mass is 10.6. The summed E-state index contributed by atoms with van der Waals surface area (Å²) in [6, 6.07) is 1.30. The highest BCUT2D eigenvalue weighted by Crippen LogP contribution is 2.28. The zero-order valence-corrected chi connectivity index (χ0v) is 10.7. The number of nitrogens with zero attached hydrogens (tertiary/aromatic N) is 2. The highest BCUT2D eigenvalue weighted by Gasteiger charge is 2.40. The quantitative estimate of drug-likeness (QED) is 0.623. The number of hydrogen-bond acceptors (Lipinski definition) is 2. The molecule has 0 rings (SSSR count).